The van der Waals surface area contributed by atoms with E-state index in [1.165, 1.54) is 11.0 Å². The molecule has 2 atom stereocenters. The molecule has 2 aromatic rings. The highest BCUT2D eigenvalue weighted by molar-refractivity contribution is 6.01. The molecule has 0 fully saturated rings. The Hall–Kier alpha value is -3.34. The van der Waals surface area contributed by atoms with Crippen LogP contribution in [0.5, 0.6) is 0 Å². The van der Waals surface area contributed by atoms with Crippen molar-refractivity contribution in [3.63, 3.8) is 0 Å². The first-order valence-electron chi connectivity index (χ1n) is 10.2. The van der Waals surface area contributed by atoms with E-state index in [1.54, 1.807) is 27.0 Å². The van der Waals surface area contributed by atoms with Gasteiger partial charge in [0.1, 0.15) is 0 Å². The van der Waals surface area contributed by atoms with E-state index in [0.717, 1.165) is 28.9 Å². The number of nitriles is 1. The quantitative estimate of drug-likeness (QED) is 0.642. The van der Waals surface area contributed by atoms with Crippen molar-refractivity contribution in [3.05, 3.63) is 58.7 Å². The molecule has 0 aliphatic rings. The summed E-state index contributed by atoms with van der Waals surface area (Å²) < 4.78 is 39.4. The second-order valence-corrected chi connectivity index (χ2v) is 7.84. The summed E-state index contributed by atoms with van der Waals surface area (Å²) in [6.07, 6.45) is -4.35. The molecule has 0 heterocycles. The monoisotopic (exact) mass is 445 g/mol. The summed E-state index contributed by atoms with van der Waals surface area (Å²) in [6, 6.07) is 10.0. The molecule has 32 heavy (non-hydrogen) atoms. The Bertz CT molecular complexity index is 1040. The molecule has 0 aliphatic heterocycles. The van der Waals surface area contributed by atoms with E-state index in [9.17, 15) is 22.8 Å². The molecule has 0 saturated heterocycles. The molecule has 170 valence electrons. The van der Waals surface area contributed by atoms with Crippen LogP contribution in [-0.2, 0) is 15.8 Å². The zero-order chi connectivity index (χ0) is 24.2. The number of benzene rings is 2. The van der Waals surface area contributed by atoms with E-state index in [0.29, 0.717) is 6.42 Å². The molecule has 0 aromatic heterocycles. The number of hydrogen-bond acceptors (Lipinski definition) is 3. The summed E-state index contributed by atoms with van der Waals surface area (Å²) in [5.74, 6) is -2.34. The standard InChI is InChI=1S/C24H26F3N3O2/c1-6-20(16(4)23(32)30(5)21-14(2)8-7-9-15(21)3)22(31)29-19-11-17(13-28)10-18(12-19)24(25,26)27/h7-12,16,20H,6H2,1-5H3,(H,29,31). The van der Waals surface area contributed by atoms with Gasteiger partial charge in [0.05, 0.1) is 17.2 Å². The third kappa shape index (κ3) is 5.47. The summed E-state index contributed by atoms with van der Waals surface area (Å²) in [5, 5.41) is 11.5. The molecule has 1 N–H and O–H groups in total. The van der Waals surface area contributed by atoms with Crippen LogP contribution in [0.4, 0.5) is 24.5 Å². The van der Waals surface area contributed by atoms with Crippen LogP contribution in [0, 0.1) is 37.0 Å². The Morgan fingerprint density at radius 2 is 1.75 bits per heavy atom. The number of nitrogens with one attached hydrogen (secondary N) is 1. The number of carbonyl (C=O) groups excluding carboxylic acids is 2. The van der Waals surface area contributed by atoms with Crippen LogP contribution in [0.1, 0.15) is 42.5 Å². The maximum absolute atomic E-state index is 13.1. The minimum absolute atomic E-state index is 0.137. The average Bonchev–Trinajstić information content (AvgIpc) is 2.72. The van der Waals surface area contributed by atoms with Crippen LogP contribution in [0.15, 0.2) is 36.4 Å². The molecule has 2 rings (SSSR count). The van der Waals surface area contributed by atoms with Crippen LogP contribution in [0.25, 0.3) is 0 Å². The SMILES string of the molecule is CCC(C(=O)Nc1cc(C#N)cc(C(F)(F)F)c1)C(C)C(=O)N(C)c1c(C)cccc1C. The van der Waals surface area contributed by atoms with Gasteiger partial charge in [-0.3, -0.25) is 9.59 Å². The lowest BCUT2D eigenvalue weighted by atomic mass is 9.89. The zero-order valence-electron chi connectivity index (χ0n) is 18.7. The molecule has 8 heteroatoms. The minimum Gasteiger partial charge on any atom is -0.326 e. The maximum atomic E-state index is 13.1. The average molecular weight is 445 g/mol. The van der Waals surface area contributed by atoms with E-state index in [-0.39, 0.29) is 17.2 Å². The molecule has 0 bridgehead atoms. The fourth-order valence-corrected chi connectivity index (χ4v) is 3.85. The number of anilines is 2. The number of alkyl halides is 3. The Balaban J connectivity index is 2.27. The Morgan fingerprint density at radius 3 is 2.25 bits per heavy atom. The van der Waals surface area contributed by atoms with Crippen molar-refractivity contribution in [1.29, 1.82) is 5.26 Å². The molecule has 5 nitrogen and oxygen atoms in total. The summed E-state index contributed by atoms with van der Waals surface area (Å²) >= 11 is 0. The van der Waals surface area contributed by atoms with Gasteiger partial charge in [0.2, 0.25) is 11.8 Å². The fourth-order valence-electron chi connectivity index (χ4n) is 3.85. The van der Waals surface area contributed by atoms with E-state index >= 15 is 0 Å². The van der Waals surface area contributed by atoms with Gasteiger partial charge in [-0.25, -0.2) is 0 Å². The van der Waals surface area contributed by atoms with E-state index in [4.69, 9.17) is 5.26 Å². The molecule has 0 aliphatic carbocycles. The first-order valence-corrected chi connectivity index (χ1v) is 10.2. The van der Waals surface area contributed by atoms with Crippen molar-refractivity contribution in [2.75, 3.05) is 17.3 Å². The number of halogens is 3. The van der Waals surface area contributed by atoms with Crippen LogP contribution < -0.4 is 10.2 Å². The summed E-state index contributed by atoms with van der Waals surface area (Å²) in [5.41, 5.74) is 1.21. The van der Waals surface area contributed by atoms with Crippen LogP contribution in [-0.4, -0.2) is 18.9 Å². The Morgan fingerprint density at radius 1 is 1.16 bits per heavy atom. The second kappa shape index (κ2) is 9.86. The van der Waals surface area contributed by atoms with Gasteiger partial charge in [0, 0.05) is 30.3 Å². The van der Waals surface area contributed by atoms with Crippen LogP contribution in [0.2, 0.25) is 0 Å². The molecule has 2 amide bonds. The number of nitrogens with zero attached hydrogens (tertiary/aromatic N) is 2. The molecule has 0 saturated carbocycles. The normalized spacial score (nSPS) is 13.1. The highest BCUT2D eigenvalue weighted by atomic mass is 19.4. The largest absolute Gasteiger partial charge is 0.416 e. The Labute approximate surface area is 185 Å². The minimum atomic E-state index is -4.66. The highest BCUT2D eigenvalue weighted by Gasteiger charge is 2.34. The van der Waals surface area contributed by atoms with Gasteiger partial charge in [-0.15, -0.1) is 0 Å². The number of rotatable bonds is 6. The molecular formula is C24H26F3N3O2. The lowest BCUT2D eigenvalue weighted by Crippen LogP contribution is -2.40. The lowest BCUT2D eigenvalue weighted by molar-refractivity contribution is -0.137. The van der Waals surface area contributed by atoms with Crippen molar-refractivity contribution in [2.24, 2.45) is 11.8 Å². The van der Waals surface area contributed by atoms with Gasteiger partial charge < -0.3 is 10.2 Å². The van der Waals surface area contributed by atoms with Crippen LogP contribution >= 0.6 is 0 Å². The summed E-state index contributed by atoms with van der Waals surface area (Å²) in [7, 11) is 1.64. The highest BCUT2D eigenvalue weighted by Crippen LogP contribution is 2.33. The molecule has 0 spiro atoms. The van der Waals surface area contributed by atoms with Gasteiger partial charge in [0.25, 0.3) is 0 Å². The first kappa shape index (κ1) is 24.9. The number of aryl methyl sites for hydroxylation is 2. The van der Waals surface area contributed by atoms with Gasteiger partial charge in [-0.05, 0) is 49.6 Å². The van der Waals surface area contributed by atoms with Crippen molar-refractivity contribution in [3.8, 4) is 6.07 Å². The first-order chi connectivity index (χ1) is 14.9. The van der Waals surface area contributed by atoms with Gasteiger partial charge >= 0.3 is 6.18 Å². The molecule has 2 aromatic carbocycles. The van der Waals surface area contributed by atoms with Gasteiger partial charge in [-0.2, -0.15) is 18.4 Å². The van der Waals surface area contributed by atoms with Crippen molar-refractivity contribution < 1.29 is 22.8 Å². The Kier molecular flexibility index (Phi) is 7.68. The third-order valence-electron chi connectivity index (χ3n) is 5.53. The van der Waals surface area contributed by atoms with E-state index in [1.807, 2.05) is 32.0 Å². The third-order valence-corrected chi connectivity index (χ3v) is 5.53. The number of hydrogen-bond donors (Lipinski definition) is 1. The van der Waals surface area contributed by atoms with Crippen LogP contribution in [0.3, 0.4) is 0 Å². The summed E-state index contributed by atoms with van der Waals surface area (Å²) in [6.45, 7) is 7.15. The van der Waals surface area contributed by atoms with Crippen molar-refractivity contribution >= 4 is 23.2 Å². The lowest BCUT2D eigenvalue weighted by Gasteiger charge is -2.28. The molecular weight excluding hydrogens is 419 g/mol. The zero-order valence-corrected chi connectivity index (χ0v) is 18.7. The van der Waals surface area contributed by atoms with Crippen molar-refractivity contribution in [1.82, 2.24) is 0 Å². The van der Waals surface area contributed by atoms with E-state index in [2.05, 4.69) is 5.32 Å². The number of carbonyl (C=O) groups is 2. The summed E-state index contributed by atoms with van der Waals surface area (Å²) in [4.78, 5) is 27.6. The van der Waals surface area contributed by atoms with Crippen molar-refractivity contribution in [2.45, 2.75) is 40.3 Å². The number of para-hydroxylation sites is 1. The fraction of sp³-hybridized carbons (Fsp3) is 0.375. The molecule has 2 unspecified atom stereocenters. The predicted octanol–water partition coefficient (Wildman–Crippen LogP) is 5.46. The number of amides is 2. The molecule has 0 radical (unpaired) electrons. The van der Waals surface area contributed by atoms with E-state index < -0.39 is 29.5 Å². The van der Waals surface area contributed by atoms with Gasteiger partial charge in [-0.1, -0.05) is 32.0 Å². The predicted molar refractivity (Wildman–Crippen MR) is 117 cm³/mol. The topological polar surface area (TPSA) is 73.2 Å². The second-order valence-electron chi connectivity index (χ2n) is 7.84. The van der Waals surface area contributed by atoms with Gasteiger partial charge in [0.15, 0.2) is 0 Å². The smallest absolute Gasteiger partial charge is 0.326 e. The maximum Gasteiger partial charge on any atom is 0.416 e.